The van der Waals surface area contributed by atoms with Crippen molar-refractivity contribution >= 4 is 97.5 Å². The van der Waals surface area contributed by atoms with Gasteiger partial charge in [-0.05, 0) is 79.5 Å². The average molecular weight is 659 g/mol. The zero-order chi connectivity index (χ0) is 33.9. The molecule has 240 valence electrons. The molecule has 0 saturated carbocycles. The van der Waals surface area contributed by atoms with E-state index in [9.17, 15) is 0 Å². The molecule has 0 fully saturated rings. The van der Waals surface area contributed by atoms with Gasteiger partial charge in [-0.3, -0.25) is 0 Å². The van der Waals surface area contributed by atoms with E-state index in [-0.39, 0.29) is 0 Å². The molecule has 0 aliphatic carbocycles. The second-order valence-corrected chi connectivity index (χ2v) is 14.0. The quantitative estimate of drug-likeness (QED) is 0.164. The number of rotatable bonds is 2. The van der Waals surface area contributed by atoms with Gasteiger partial charge >= 0.3 is 0 Å². The average Bonchev–Trinajstić information content (AvgIpc) is 3.73. The molecule has 52 heavy (non-hydrogen) atoms. The van der Waals surface area contributed by atoms with Crippen molar-refractivity contribution in [3.8, 4) is 11.4 Å². The van der Waals surface area contributed by atoms with Crippen molar-refractivity contribution in [2.45, 2.75) is 0 Å². The van der Waals surface area contributed by atoms with Crippen molar-refractivity contribution < 1.29 is 0 Å². The molecule has 0 N–H and O–H groups in total. The molecule has 0 spiro atoms. The van der Waals surface area contributed by atoms with E-state index in [1.807, 2.05) is 0 Å². The molecular formula is C50H30N2. The summed E-state index contributed by atoms with van der Waals surface area (Å²) >= 11 is 0. The zero-order valence-corrected chi connectivity index (χ0v) is 28.2. The minimum Gasteiger partial charge on any atom is -0.309 e. The fourth-order valence-electron chi connectivity index (χ4n) is 9.36. The molecule has 0 unspecified atom stereocenters. The van der Waals surface area contributed by atoms with Crippen LogP contribution in [-0.2, 0) is 0 Å². The summed E-state index contributed by atoms with van der Waals surface area (Å²) in [7, 11) is 0. The van der Waals surface area contributed by atoms with E-state index in [4.69, 9.17) is 0 Å². The summed E-state index contributed by atoms with van der Waals surface area (Å²) < 4.78 is 4.96. The Hall–Kier alpha value is -6.90. The van der Waals surface area contributed by atoms with Crippen molar-refractivity contribution in [2.24, 2.45) is 0 Å². The molecule has 12 rings (SSSR count). The van der Waals surface area contributed by atoms with E-state index in [0.29, 0.717) is 0 Å². The van der Waals surface area contributed by atoms with Crippen LogP contribution in [-0.4, -0.2) is 9.13 Å². The summed E-state index contributed by atoms with van der Waals surface area (Å²) in [5.41, 5.74) is 7.30. The second-order valence-electron chi connectivity index (χ2n) is 14.0. The first-order valence-electron chi connectivity index (χ1n) is 18.0. The third-order valence-corrected chi connectivity index (χ3v) is 11.4. The molecule has 0 aliphatic heterocycles. The Morgan fingerprint density at radius 2 is 0.462 bits per heavy atom. The van der Waals surface area contributed by atoms with Crippen LogP contribution in [0.1, 0.15) is 0 Å². The summed E-state index contributed by atoms with van der Waals surface area (Å²) in [5.74, 6) is 0. The van der Waals surface area contributed by atoms with Crippen LogP contribution in [0.2, 0.25) is 0 Å². The Morgan fingerprint density at radius 1 is 0.212 bits per heavy atom. The third kappa shape index (κ3) is 3.58. The van der Waals surface area contributed by atoms with Gasteiger partial charge in [-0.1, -0.05) is 146 Å². The highest BCUT2D eigenvalue weighted by molar-refractivity contribution is 6.38. The number of para-hydroxylation sites is 4. The molecule has 12 aromatic rings. The van der Waals surface area contributed by atoms with Crippen LogP contribution in [0.4, 0.5) is 0 Å². The highest BCUT2D eigenvalue weighted by Gasteiger charge is 2.22. The van der Waals surface area contributed by atoms with Gasteiger partial charge in [-0.25, -0.2) is 0 Å². The predicted octanol–water partition coefficient (Wildman–Crippen LogP) is 13.6. The number of aromatic nitrogens is 2. The molecule has 0 aliphatic rings. The molecule has 2 nitrogen and oxygen atoms in total. The molecule has 0 bridgehead atoms. The molecule has 10 aromatic carbocycles. The smallest absolute Gasteiger partial charge is 0.0547 e. The minimum absolute atomic E-state index is 1.20. The lowest BCUT2D eigenvalue weighted by Crippen LogP contribution is -1.99. The van der Waals surface area contributed by atoms with Crippen molar-refractivity contribution in [1.82, 2.24) is 9.13 Å². The Bertz CT molecular complexity index is 3130. The van der Waals surface area contributed by atoms with Gasteiger partial charge in [0.15, 0.2) is 0 Å². The first-order valence-corrected chi connectivity index (χ1v) is 18.0. The maximum absolute atomic E-state index is 2.48. The molecule has 0 amide bonds. The lowest BCUT2D eigenvalue weighted by atomic mass is 9.87. The van der Waals surface area contributed by atoms with Gasteiger partial charge in [0.25, 0.3) is 0 Å². The van der Waals surface area contributed by atoms with E-state index < -0.39 is 0 Å². The van der Waals surface area contributed by atoms with E-state index >= 15 is 0 Å². The van der Waals surface area contributed by atoms with Crippen LogP contribution in [0, 0.1) is 0 Å². The SMILES string of the molecule is c1ccc2c(c1)c(-n1c3ccccc3c3ccccc31)cc1c3ccccc3c3cc(-n4c5ccccc5c5ccccc54)c4ccccc4c3c21. The second kappa shape index (κ2) is 10.3. The van der Waals surface area contributed by atoms with Gasteiger partial charge in [0.2, 0.25) is 0 Å². The Labute approximate surface area is 299 Å². The fraction of sp³-hybridized carbons (Fsp3) is 0. The van der Waals surface area contributed by atoms with Gasteiger partial charge < -0.3 is 9.13 Å². The van der Waals surface area contributed by atoms with Gasteiger partial charge in [-0.2, -0.15) is 0 Å². The largest absolute Gasteiger partial charge is 0.309 e. The van der Waals surface area contributed by atoms with Crippen molar-refractivity contribution in [1.29, 1.82) is 0 Å². The maximum atomic E-state index is 2.48. The first kappa shape index (κ1) is 27.9. The molecular weight excluding hydrogens is 629 g/mol. The number of hydrogen-bond donors (Lipinski definition) is 0. The lowest BCUT2D eigenvalue weighted by Gasteiger charge is -2.20. The zero-order valence-electron chi connectivity index (χ0n) is 28.2. The van der Waals surface area contributed by atoms with Crippen LogP contribution >= 0.6 is 0 Å². The molecule has 2 heterocycles. The summed E-state index contributed by atoms with van der Waals surface area (Å²) in [5, 5.41) is 17.8. The molecule has 0 radical (unpaired) electrons. The number of nitrogens with zero attached hydrogens (tertiary/aromatic N) is 2. The van der Waals surface area contributed by atoms with Gasteiger partial charge in [0.05, 0.1) is 33.4 Å². The molecule has 2 heteroatoms. The number of benzene rings is 10. The number of hydrogen-bond acceptors (Lipinski definition) is 0. The Kier molecular flexibility index (Phi) is 5.53. The molecule has 0 atom stereocenters. The van der Waals surface area contributed by atoms with Crippen LogP contribution in [0.3, 0.4) is 0 Å². The lowest BCUT2D eigenvalue weighted by molar-refractivity contribution is 1.20. The minimum atomic E-state index is 1.20. The number of fused-ring (bicyclic) bond motifs is 16. The Morgan fingerprint density at radius 3 is 0.788 bits per heavy atom. The summed E-state index contributed by atoms with van der Waals surface area (Å²) in [6.07, 6.45) is 0. The van der Waals surface area contributed by atoms with Crippen LogP contribution in [0.5, 0.6) is 0 Å². The third-order valence-electron chi connectivity index (χ3n) is 11.4. The predicted molar refractivity (Wildman–Crippen MR) is 223 cm³/mol. The Balaban J connectivity index is 1.31. The highest BCUT2D eigenvalue weighted by Crippen LogP contribution is 2.47. The summed E-state index contributed by atoms with van der Waals surface area (Å²) in [6.45, 7) is 0. The van der Waals surface area contributed by atoms with Crippen LogP contribution in [0.15, 0.2) is 182 Å². The summed E-state index contributed by atoms with van der Waals surface area (Å²) in [4.78, 5) is 0. The molecule has 2 aromatic heterocycles. The highest BCUT2D eigenvalue weighted by atomic mass is 15.0. The first-order chi connectivity index (χ1) is 25.8. The van der Waals surface area contributed by atoms with Crippen molar-refractivity contribution in [2.75, 3.05) is 0 Å². The summed E-state index contributed by atoms with van der Waals surface area (Å²) in [6, 6.07) is 67.3. The van der Waals surface area contributed by atoms with E-state index in [1.54, 1.807) is 0 Å². The van der Waals surface area contributed by atoms with Crippen molar-refractivity contribution in [3.05, 3.63) is 182 Å². The van der Waals surface area contributed by atoms with Crippen molar-refractivity contribution in [3.63, 3.8) is 0 Å². The fourth-order valence-corrected chi connectivity index (χ4v) is 9.36. The maximum Gasteiger partial charge on any atom is 0.0547 e. The van der Waals surface area contributed by atoms with Crippen LogP contribution < -0.4 is 0 Å². The molecule has 0 saturated heterocycles. The normalized spacial score (nSPS) is 12.2. The van der Waals surface area contributed by atoms with E-state index in [1.165, 1.54) is 109 Å². The standard InChI is InChI=1S/C50H30N2/c1-2-16-32-31(15-1)41-29-47(51-43-25-11-7-17-33(43)34-18-8-12-26-44(34)51)37-21-3-5-23-39(37)49(41)50-40-24-6-4-22-38(40)48(30-42(32)50)52-45-27-13-9-19-35(45)36-20-10-14-28-46(36)52/h1-30H. The van der Waals surface area contributed by atoms with Gasteiger partial charge in [0, 0.05) is 32.3 Å². The van der Waals surface area contributed by atoms with Crippen LogP contribution in [0.25, 0.3) is 109 Å². The van der Waals surface area contributed by atoms with E-state index in [2.05, 4.69) is 191 Å². The monoisotopic (exact) mass is 658 g/mol. The van der Waals surface area contributed by atoms with Gasteiger partial charge in [0.1, 0.15) is 0 Å². The topological polar surface area (TPSA) is 9.86 Å². The van der Waals surface area contributed by atoms with E-state index in [0.717, 1.165) is 0 Å². The van der Waals surface area contributed by atoms with Gasteiger partial charge in [-0.15, -0.1) is 0 Å².